The van der Waals surface area contributed by atoms with Crippen molar-refractivity contribution >= 4 is 22.6 Å². The number of halogens is 1. The summed E-state index contributed by atoms with van der Waals surface area (Å²) in [7, 11) is 0. The standard InChI is InChI=1S/C7H9IO/c1-5-3-4-7(9-5)6(2)8/h3-4,6H,1-2H3/t6-/m1/s1. The minimum Gasteiger partial charge on any atom is -0.465 e. The second-order valence-electron chi connectivity index (χ2n) is 2.06. The van der Waals surface area contributed by atoms with Crippen molar-refractivity contribution in [3.8, 4) is 0 Å². The predicted molar refractivity (Wildman–Crippen MR) is 45.9 cm³/mol. The average molecular weight is 236 g/mol. The molecule has 0 bridgehead atoms. The molecule has 2 heteroatoms. The van der Waals surface area contributed by atoms with E-state index in [1.165, 1.54) is 0 Å². The van der Waals surface area contributed by atoms with E-state index in [1.54, 1.807) is 0 Å². The summed E-state index contributed by atoms with van der Waals surface area (Å²) in [6.45, 7) is 4.07. The molecule has 0 fully saturated rings. The van der Waals surface area contributed by atoms with Crippen LogP contribution in [0.1, 0.15) is 22.4 Å². The maximum Gasteiger partial charge on any atom is 0.116 e. The summed E-state index contributed by atoms with van der Waals surface area (Å²) in [6.07, 6.45) is 0. The molecule has 1 aromatic rings. The third-order valence-electron chi connectivity index (χ3n) is 1.15. The van der Waals surface area contributed by atoms with Crippen LogP contribution in [0.25, 0.3) is 0 Å². The highest BCUT2D eigenvalue weighted by molar-refractivity contribution is 14.1. The van der Waals surface area contributed by atoms with E-state index in [-0.39, 0.29) is 0 Å². The maximum absolute atomic E-state index is 5.34. The highest BCUT2D eigenvalue weighted by Gasteiger charge is 2.02. The minimum atomic E-state index is 0.483. The molecule has 0 aliphatic rings. The lowest BCUT2D eigenvalue weighted by atomic mass is 10.4. The number of hydrogen-bond donors (Lipinski definition) is 0. The Balaban J connectivity index is 2.85. The summed E-state index contributed by atoms with van der Waals surface area (Å²) >= 11 is 2.33. The zero-order valence-electron chi connectivity index (χ0n) is 5.52. The Labute approximate surface area is 68.6 Å². The summed E-state index contributed by atoms with van der Waals surface area (Å²) < 4.78 is 5.82. The van der Waals surface area contributed by atoms with E-state index in [0.29, 0.717) is 3.92 Å². The Morgan fingerprint density at radius 3 is 2.44 bits per heavy atom. The normalized spacial score (nSPS) is 13.7. The smallest absolute Gasteiger partial charge is 0.116 e. The molecule has 1 atom stereocenters. The van der Waals surface area contributed by atoms with Crippen molar-refractivity contribution in [1.29, 1.82) is 0 Å². The monoisotopic (exact) mass is 236 g/mol. The zero-order valence-corrected chi connectivity index (χ0v) is 7.68. The first-order valence-corrected chi connectivity index (χ1v) is 4.15. The van der Waals surface area contributed by atoms with Crippen LogP contribution in [0.4, 0.5) is 0 Å². The molecule has 0 aliphatic carbocycles. The van der Waals surface area contributed by atoms with Gasteiger partial charge in [0, 0.05) is 0 Å². The molecule has 0 radical (unpaired) electrons. The lowest BCUT2D eigenvalue weighted by molar-refractivity contribution is 0.489. The van der Waals surface area contributed by atoms with E-state index >= 15 is 0 Å². The number of rotatable bonds is 1. The number of alkyl halides is 1. The number of furan rings is 1. The van der Waals surface area contributed by atoms with Gasteiger partial charge in [-0.1, -0.05) is 22.6 Å². The first-order chi connectivity index (χ1) is 4.20. The van der Waals surface area contributed by atoms with E-state index in [0.717, 1.165) is 11.5 Å². The van der Waals surface area contributed by atoms with Crippen LogP contribution in [0.15, 0.2) is 16.5 Å². The fourth-order valence-corrected chi connectivity index (χ4v) is 1.00. The SMILES string of the molecule is Cc1ccc([C@@H](C)I)o1. The molecule has 0 spiro atoms. The third kappa shape index (κ3) is 1.71. The molecular formula is C7H9IO. The van der Waals surface area contributed by atoms with Gasteiger partial charge in [0.15, 0.2) is 0 Å². The molecule has 0 saturated carbocycles. The summed E-state index contributed by atoms with van der Waals surface area (Å²) in [5, 5.41) is 0. The number of hydrogen-bond acceptors (Lipinski definition) is 1. The molecule has 0 aliphatic heterocycles. The van der Waals surface area contributed by atoms with Gasteiger partial charge >= 0.3 is 0 Å². The van der Waals surface area contributed by atoms with Gasteiger partial charge in [-0.25, -0.2) is 0 Å². The van der Waals surface area contributed by atoms with Gasteiger partial charge in [-0.3, -0.25) is 0 Å². The lowest BCUT2D eigenvalue weighted by Crippen LogP contribution is -1.74. The van der Waals surface area contributed by atoms with Gasteiger partial charge in [0.1, 0.15) is 11.5 Å². The van der Waals surface area contributed by atoms with E-state index in [2.05, 4.69) is 29.5 Å². The molecule has 0 amide bonds. The molecule has 0 aromatic carbocycles. The molecule has 50 valence electrons. The quantitative estimate of drug-likeness (QED) is 0.539. The van der Waals surface area contributed by atoms with Crippen molar-refractivity contribution in [2.75, 3.05) is 0 Å². The van der Waals surface area contributed by atoms with Gasteiger partial charge in [-0.15, -0.1) is 0 Å². The molecule has 0 saturated heterocycles. The van der Waals surface area contributed by atoms with Crippen LogP contribution < -0.4 is 0 Å². The van der Waals surface area contributed by atoms with Crippen molar-refractivity contribution in [1.82, 2.24) is 0 Å². The summed E-state index contributed by atoms with van der Waals surface area (Å²) in [5.41, 5.74) is 0. The maximum atomic E-state index is 5.34. The van der Waals surface area contributed by atoms with Crippen LogP contribution in [-0.4, -0.2) is 0 Å². The zero-order chi connectivity index (χ0) is 6.85. The fraction of sp³-hybridized carbons (Fsp3) is 0.429. The lowest BCUT2D eigenvalue weighted by Gasteiger charge is -1.94. The van der Waals surface area contributed by atoms with Crippen molar-refractivity contribution in [3.63, 3.8) is 0 Å². The Bertz CT molecular complexity index is 191. The van der Waals surface area contributed by atoms with Gasteiger partial charge in [0.2, 0.25) is 0 Å². The first-order valence-electron chi connectivity index (χ1n) is 2.90. The molecule has 1 aromatic heterocycles. The Morgan fingerprint density at radius 1 is 1.56 bits per heavy atom. The Hall–Kier alpha value is 0.01000. The molecule has 1 nitrogen and oxygen atoms in total. The highest BCUT2D eigenvalue weighted by Crippen LogP contribution is 2.23. The fourth-order valence-electron chi connectivity index (χ4n) is 0.667. The molecule has 1 heterocycles. The van der Waals surface area contributed by atoms with Crippen molar-refractivity contribution < 1.29 is 4.42 Å². The van der Waals surface area contributed by atoms with Gasteiger partial charge < -0.3 is 4.42 Å². The van der Waals surface area contributed by atoms with Crippen LogP contribution in [0.2, 0.25) is 0 Å². The van der Waals surface area contributed by atoms with Crippen LogP contribution in [0.3, 0.4) is 0 Å². The summed E-state index contributed by atoms with van der Waals surface area (Å²) in [4.78, 5) is 0. The molecular weight excluding hydrogens is 227 g/mol. The van der Waals surface area contributed by atoms with Gasteiger partial charge in [-0.2, -0.15) is 0 Å². The molecule has 1 rings (SSSR count). The largest absolute Gasteiger partial charge is 0.465 e. The van der Waals surface area contributed by atoms with Gasteiger partial charge in [0.25, 0.3) is 0 Å². The first kappa shape index (κ1) is 7.12. The topological polar surface area (TPSA) is 13.1 Å². The number of aryl methyl sites for hydroxylation is 1. The van der Waals surface area contributed by atoms with Crippen molar-refractivity contribution in [2.24, 2.45) is 0 Å². The van der Waals surface area contributed by atoms with Crippen molar-refractivity contribution in [3.05, 3.63) is 23.7 Å². The van der Waals surface area contributed by atoms with Crippen LogP contribution in [0, 0.1) is 6.92 Å². The summed E-state index contributed by atoms with van der Waals surface area (Å²) in [6, 6.07) is 4.01. The van der Waals surface area contributed by atoms with Crippen LogP contribution in [0.5, 0.6) is 0 Å². The van der Waals surface area contributed by atoms with Crippen molar-refractivity contribution in [2.45, 2.75) is 17.8 Å². The Kier molecular flexibility index (Phi) is 2.16. The van der Waals surface area contributed by atoms with Gasteiger partial charge in [-0.05, 0) is 26.0 Å². The molecule has 0 unspecified atom stereocenters. The highest BCUT2D eigenvalue weighted by atomic mass is 127. The second-order valence-corrected chi connectivity index (χ2v) is 3.93. The summed E-state index contributed by atoms with van der Waals surface area (Å²) in [5.74, 6) is 2.06. The third-order valence-corrected chi connectivity index (χ3v) is 1.77. The predicted octanol–water partition coefficient (Wildman–Crippen LogP) is 3.08. The van der Waals surface area contributed by atoms with E-state index in [4.69, 9.17) is 4.42 Å². The van der Waals surface area contributed by atoms with Crippen LogP contribution in [-0.2, 0) is 0 Å². The molecule has 9 heavy (non-hydrogen) atoms. The second kappa shape index (κ2) is 2.73. The minimum absolute atomic E-state index is 0.483. The van der Waals surface area contributed by atoms with E-state index in [1.807, 2.05) is 19.1 Å². The van der Waals surface area contributed by atoms with E-state index < -0.39 is 0 Å². The Morgan fingerprint density at radius 2 is 2.22 bits per heavy atom. The van der Waals surface area contributed by atoms with E-state index in [9.17, 15) is 0 Å². The van der Waals surface area contributed by atoms with Crippen LogP contribution >= 0.6 is 22.6 Å². The average Bonchev–Trinajstić information content (AvgIpc) is 2.14. The molecule has 0 N–H and O–H groups in total. The van der Waals surface area contributed by atoms with Gasteiger partial charge in [0.05, 0.1) is 3.92 Å².